The average Bonchev–Trinajstić information content (AvgIpc) is 2.70. The van der Waals surface area contributed by atoms with Crippen molar-refractivity contribution in [1.82, 2.24) is 19.8 Å². The molecule has 0 aliphatic carbocycles. The molecule has 1 aromatic rings. The maximum absolute atomic E-state index is 12.6. The molecule has 0 unspecified atom stereocenters. The van der Waals surface area contributed by atoms with Crippen LogP contribution in [-0.4, -0.2) is 78.3 Å². The molecular weight excluding hydrogens is 318 g/mol. The van der Waals surface area contributed by atoms with Gasteiger partial charge in [-0.1, -0.05) is 0 Å². The van der Waals surface area contributed by atoms with Gasteiger partial charge in [0.15, 0.2) is 0 Å². The highest BCUT2D eigenvalue weighted by molar-refractivity contribution is 5.74. The summed E-state index contributed by atoms with van der Waals surface area (Å²) in [4.78, 5) is 27.6. The Balaban J connectivity index is 1.29. The monoisotopic (exact) mass is 345 g/mol. The molecule has 0 saturated carbocycles. The minimum absolute atomic E-state index is 0.202. The molecule has 0 radical (unpaired) electrons. The summed E-state index contributed by atoms with van der Waals surface area (Å²) in [6.45, 7) is 6.60. The molecule has 0 atom stereocenters. The van der Waals surface area contributed by atoms with E-state index in [1.165, 1.54) is 12.8 Å². The highest BCUT2D eigenvalue weighted by Crippen LogP contribution is 2.41. The number of urea groups is 1. The largest absolute Gasteiger partial charge is 0.378 e. The third kappa shape index (κ3) is 3.56. The number of morpholine rings is 1. The van der Waals surface area contributed by atoms with Gasteiger partial charge in [0, 0.05) is 51.7 Å². The van der Waals surface area contributed by atoms with Crippen molar-refractivity contribution in [2.24, 2.45) is 5.41 Å². The first-order valence-electron chi connectivity index (χ1n) is 9.39. The maximum Gasteiger partial charge on any atom is 0.320 e. The van der Waals surface area contributed by atoms with Gasteiger partial charge in [0.25, 0.3) is 0 Å². The number of aromatic nitrogens is 2. The van der Waals surface area contributed by atoms with E-state index in [0.717, 1.165) is 58.1 Å². The minimum atomic E-state index is 0.202. The fourth-order valence-electron chi connectivity index (χ4n) is 4.26. The molecule has 2 amide bonds. The highest BCUT2D eigenvalue weighted by atomic mass is 16.5. The molecular formula is C18H27N5O2. The molecule has 25 heavy (non-hydrogen) atoms. The summed E-state index contributed by atoms with van der Waals surface area (Å²) in [5.41, 5.74) is 0.396. The molecule has 136 valence electrons. The highest BCUT2D eigenvalue weighted by Gasteiger charge is 2.39. The van der Waals surface area contributed by atoms with Crippen LogP contribution in [0.1, 0.15) is 25.7 Å². The molecule has 3 saturated heterocycles. The number of piperidine rings is 2. The summed E-state index contributed by atoms with van der Waals surface area (Å²) in [5.74, 6) is 0.845. The summed E-state index contributed by atoms with van der Waals surface area (Å²) >= 11 is 0. The number of nitrogens with zero attached hydrogens (tertiary/aromatic N) is 5. The summed E-state index contributed by atoms with van der Waals surface area (Å²) < 4.78 is 5.35. The number of amides is 2. The second kappa shape index (κ2) is 7.15. The van der Waals surface area contributed by atoms with E-state index in [0.29, 0.717) is 18.6 Å². The van der Waals surface area contributed by atoms with Crippen LogP contribution in [0.25, 0.3) is 0 Å². The van der Waals surface area contributed by atoms with Crippen LogP contribution in [0.2, 0.25) is 0 Å². The lowest BCUT2D eigenvalue weighted by atomic mass is 9.71. The number of rotatable bonds is 1. The Labute approximate surface area is 149 Å². The first kappa shape index (κ1) is 16.6. The molecule has 3 aliphatic rings. The number of likely N-dealkylation sites (tertiary alicyclic amines) is 1. The molecule has 0 bridgehead atoms. The summed E-state index contributed by atoms with van der Waals surface area (Å²) in [5, 5.41) is 0. The van der Waals surface area contributed by atoms with Gasteiger partial charge in [-0.15, -0.1) is 0 Å². The predicted molar refractivity (Wildman–Crippen MR) is 94.5 cm³/mol. The zero-order valence-corrected chi connectivity index (χ0v) is 14.8. The molecule has 0 N–H and O–H groups in total. The third-order valence-corrected chi connectivity index (χ3v) is 6.04. The van der Waals surface area contributed by atoms with Crippen LogP contribution in [0.15, 0.2) is 18.5 Å². The Morgan fingerprint density at radius 3 is 2.08 bits per heavy atom. The number of anilines is 1. The van der Waals surface area contributed by atoms with Crippen LogP contribution < -0.4 is 4.90 Å². The van der Waals surface area contributed by atoms with Gasteiger partial charge in [-0.05, 0) is 37.2 Å². The smallest absolute Gasteiger partial charge is 0.320 e. The zero-order chi connectivity index (χ0) is 17.1. The van der Waals surface area contributed by atoms with Crippen molar-refractivity contribution in [2.75, 3.05) is 57.4 Å². The molecule has 1 aromatic heterocycles. The van der Waals surface area contributed by atoms with Gasteiger partial charge >= 0.3 is 6.03 Å². The van der Waals surface area contributed by atoms with Crippen LogP contribution >= 0.6 is 0 Å². The van der Waals surface area contributed by atoms with Crippen molar-refractivity contribution in [3.8, 4) is 0 Å². The SMILES string of the molecule is O=C(N1CCOCC1)N1CCC2(CC1)CCN(c1ncccn1)CC2. The van der Waals surface area contributed by atoms with Crippen molar-refractivity contribution in [1.29, 1.82) is 0 Å². The minimum Gasteiger partial charge on any atom is -0.378 e. The van der Waals surface area contributed by atoms with E-state index < -0.39 is 0 Å². The molecule has 7 heteroatoms. The Morgan fingerprint density at radius 1 is 0.880 bits per heavy atom. The molecule has 3 fully saturated rings. The molecule has 4 rings (SSSR count). The van der Waals surface area contributed by atoms with Gasteiger partial charge < -0.3 is 19.4 Å². The van der Waals surface area contributed by atoms with Crippen LogP contribution in [0.4, 0.5) is 10.7 Å². The van der Waals surface area contributed by atoms with Crippen molar-refractivity contribution in [3.05, 3.63) is 18.5 Å². The van der Waals surface area contributed by atoms with E-state index in [9.17, 15) is 4.79 Å². The van der Waals surface area contributed by atoms with Crippen LogP contribution in [-0.2, 0) is 4.74 Å². The average molecular weight is 345 g/mol. The second-order valence-corrected chi connectivity index (χ2v) is 7.40. The predicted octanol–water partition coefficient (Wildman–Crippen LogP) is 1.61. The Kier molecular flexibility index (Phi) is 4.74. The van der Waals surface area contributed by atoms with Crippen LogP contribution in [0.5, 0.6) is 0 Å². The van der Waals surface area contributed by atoms with Crippen molar-refractivity contribution < 1.29 is 9.53 Å². The van der Waals surface area contributed by atoms with Gasteiger partial charge in [0.05, 0.1) is 13.2 Å². The fraction of sp³-hybridized carbons (Fsp3) is 0.722. The number of carbonyl (C=O) groups is 1. The lowest BCUT2D eigenvalue weighted by Crippen LogP contribution is -2.53. The maximum atomic E-state index is 12.6. The van der Waals surface area contributed by atoms with E-state index in [4.69, 9.17) is 4.74 Å². The summed E-state index contributed by atoms with van der Waals surface area (Å²) in [7, 11) is 0. The standard InChI is InChI=1S/C18H27N5O2/c24-17(23-12-14-25-15-13-23)22-10-4-18(5-11-22)2-8-21(9-3-18)16-19-6-1-7-20-16/h1,6-7H,2-5,8-15H2. The number of hydrogen-bond donors (Lipinski definition) is 0. The van der Waals surface area contributed by atoms with Gasteiger partial charge in [0.2, 0.25) is 5.95 Å². The molecule has 4 heterocycles. The quantitative estimate of drug-likeness (QED) is 0.774. The summed E-state index contributed by atoms with van der Waals surface area (Å²) in [6.07, 6.45) is 8.19. The van der Waals surface area contributed by atoms with Gasteiger partial charge in [0.1, 0.15) is 0 Å². The van der Waals surface area contributed by atoms with Gasteiger partial charge in [-0.25, -0.2) is 14.8 Å². The van der Waals surface area contributed by atoms with Crippen molar-refractivity contribution >= 4 is 12.0 Å². The molecule has 0 aromatic carbocycles. The second-order valence-electron chi connectivity index (χ2n) is 7.40. The Bertz CT molecular complexity index is 572. The fourth-order valence-corrected chi connectivity index (χ4v) is 4.26. The first-order valence-corrected chi connectivity index (χ1v) is 9.39. The Morgan fingerprint density at radius 2 is 1.44 bits per heavy atom. The van der Waals surface area contributed by atoms with E-state index >= 15 is 0 Å². The number of ether oxygens (including phenoxy) is 1. The lowest BCUT2D eigenvalue weighted by Gasteiger charge is -2.47. The molecule has 7 nitrogen and oxygen atoms in total. The van der Waals surface area contributed by atoms with E-state index in [-0.39, 0.29) is 6.03 Å². The van der Waals surface area contributed by atoms with Crippen molar-refractivity contribution in [2.45, 2.75) is 25.7 Å². The van der Waals surface area contributed by atoms with Gasteiger partial charge in [-0.2, -0.15) is 0 Å². The normalized spacial score (nSPS) is 23.8. The van der Waals surface area contributed by atoms with E-state index in [1.807, 2.05) is 28.3 Å². The zero-order valence-electron chi connectivity index (χ0n) is 14.8. The van der Waals surface area contributed by atoms with Gasteiger partial charge in [-0.3, -0.25) is 0 Å². The number of hydrogen-bond acceptors (Lipinski definition) is 5. The first-order chi connectivity index (χ1) is 12.3. The van der Waals surface area contributed by atoms with E-state index in [2.05, 4.69) is 14.9 Å². The van der Waals surface area contributed by atoms with Crippen LogP contribution in [0.3, 0.4) is 0 Å². The van der Waals surface area contributed by atoms with Crippen LogP contribution in [0, 0.1) is 5.41 Å². The molecule has 3 aliphatic heterocycles. The summed E-state index contributed by atoms with van der Waals surface area (Å²) in [6, 6.07) is 2.06. The lowest BCUT2D eigenvalue weighted by molar-refractivity contribution is 0.0317. The Hall–Kier alpha value is -1.89. The van der Waals surface area contributed by atoms with E-state index in [1.54, 1.807) is 0 Å². The topological polar surface area (TPSA) is 61.8 Å². The molecule has 1 spiro atoms. The number of carbonyl (C=O) groups excluding carboxylic acids is 1. The van der Waals surface area contributed by atoms with Crippen molar-refractivity contribution in [3.63, 3.8) is 0 Å². The third-order valence-electron chi connectivity index (χ3n) is 6.04.